The van der Waals surface area contributed by atoms with Gasteiger partial charge in [-0.3, -0.25) is 0 Å². The fraction of sp³-hybridized carbons (Fsp3) is 0.200. The first-order valence-electron chi connectivity index (χ1n) is 2.17. The van der Waals surface area contributed by atoms with Crippen LogP contribution in [0.25, 0.3) is 0 Å². The third-order valence-corrected chi connectivity index (χ3v) is 0.322. The highest BCUT2D eigenvalue weighted by Gasteiger charge is 2.00. The molecule has 6 heteroatoms. The van der Waals surface area contributed by atoms with Gasteiger partial charge in [0, 0.05) is 0 Å². The van der Waals surface area contributed by atoms with E-state index in [2.05, 4.69) is 6.58 Å². The van der Waals surface area contributed by atoms with Crippen molar-refractivity contribution in [2.45, 2.75) is 0 Å². The molecule has 0 radical (unpaired) electrons. The number of rotatable bonds is 1. The van der Waals surface area contributed by atoms with Crippen LogP contribution in [0.15, 0.2) is 24.6 Å². The van der Waals surface area contributed by atoms with Gasteiger partial charge in [-0.1, -0.05) is 0 Å². The van der Waals surface area contributed by atoms with Crippen molar-refractivity contribution in [3.05, 3.63) is 24.6 Å². The standard InChI is InChI=1S/C3H2F4.C2H2F2/c4-1-2(5)3(6)7;1-2(3)4/h1H2;1H2. The summed E-state index contributed by atoms with van der Waals surface area (Å²) < 4.78 is 63.4. The fourth-order valence-corrected chi connectivity index (χ4v) is 0.0505. The zero-order valence-corrected chi connectivity index (χ0v) is 5.18. The number of hydrogen-bond donors (Lipinski definition) is 0. The van der Waals surface area contributed by atoms with Gasteiger partial charge in [-0.05, 0) is 6.58 Å². The number of hydrogen-bond acceptors (Lipinski definition) is 0. The molecule has 0 fully saturated rings. The van der Waals surface area contributed by atoms with Gasteiger partial charge in [0.1, 0.15) is 6.67 Å². The van der Waals surface area contributed by atoms with E-state index in [-0.39, 0.29) is 0 Å². The van der Waals surface area contributed by atoms with E-state index in [1.807, 2.05) is 0 Å². The van der Waals surface area contributed by atoms with Crippen LogP contribution in [0, 0.1) is 0 Å². The molecule has 0 saturated carbocycles. The van der Waals surface area contributed by atoms with E-state index >= 15 is 0 Å². The van der Waals surface area contributed by atoms with Crippen LogP contribution in [0.4, 0.5) is 26.3 Å². The Balaban J connectivity index is 0. The van der Waals surface area contributed by atoms with Crippen LogP contribution in [0.5, 0.6) is 0 Å². The van der Waals surface area contributed by atoms with Crippen molar-refractivity contribution < 1.29 is 26.3 Å². The summed E-state index contributed by atoms with van der Waals surface area (Å²) in [6, 6.07) is 0. The summed E-state index contributed by atoms with van der Waals surface area (Å²) in [5, 5.41) is 0. The van der Waals surface area contributed by atoms with Crippen molar-refractivity contribution in [2.75, 3.05) is 6.67 Å². The van der Waals surface area contributed by atoms with Crippen molar-refractivity contribution in [3.8, 4) is 0 Å². The minimum absolute atomic E-state index is 1.72. The van der Waals surface area contributed by atoms with Crippen molar-refractivity contribution >= 4 is 0 Å². The fourth-order valence-electron chi connectivity index (χ4n) is 0.0505. The number of alkyl halides is 1. The normalized spacial score (nSPS) is 7.82. The van der Waals surface area contributed by atoms with Crippen LogP contribution in [-0.2, 0) is 0 Å². The zero-order valence-electron chi connectivity index (χ0n) is 5.18. The molecule has 0 nitrogen and oxygen atoms in total. The maximum atomic E-state index is 11.0. The highest BCUT2D eigenvalue weighted by atomic mass is 19.3. The lowest BCUT2D eigenvalue weighted by molar-refractivity contribution is 0.348. The van der Waals surface area contributed by atoms with Crippen LogP contribution in [0.2, 0.25) is 0 Å². The predicted molar refractivity (Wildman–Crippen MR) is 27.7 cm³/mol. The van der Waals surface area contributed by atoms with Gasteiger partial charge in [-0.25, -0.2) is 8.78 Å². The molecular formula is C5H4F6. The van der Waals surface area contributed by atoms with E-state index in [0.717, 1.165) is 0 Å². The van der Waals surface area contributed by atoms with Gasteiger partial charge >= 0.3 is 6.08 Å². The SMILES string of the molecule is C=C(F)F.FCC(F)=C(F)F. The Morgan fingerprint density at radius 1 is 1.00 bits per heavy atom. The lowest BCUT2D eigenvalue weighted by Crippen LogP contribution is -1.74. The Bertz CT molecular complexity index is 141. The van der Waals surface area contributed by atoms with Crippen molar-refractivity contribution in [2.24, 2.45) is 0 Å². The first kappa shape index (κ1) is 12.7. The monoisotopic (exact) mass is 178 g/mol. The summed E-state index contributed by atoms with van der Waals surface area (Å²) in [5.41, 5.74) is 0. The third kappa shape index (κ3) is 17.6. The minimum atomic E-state index is -2.58. The average molecular weight is 178 g/mol. The minimum Gasteiger partial charge on any atom is -0.243 e. The molecule has 0 bridgehead atoms. The quantitative estimate of drug-likeness (QED) is 0.539. The highest BCUT2D eigenvalue weighted by Crippen LogP contribution is 2.07. The van der Waals surface area contributed by atoms with Gasteiger partial charge in [-0.2, -0.15) is 17.6 Å². The molecule has 0 spiro atoms. The molecule has 0 saturated heterocycles. The Labute approximate surface area is 58.8 Å². The first-order valence-corrected chi connectivity index (χ1v) is 2.17. The van der Waals surface area contributed by atoms with Crippen LogP contribution in [0.3, 0.4) is 0 Å². The molecule has 11 heavy (non-hydrogen) atoms. The molecule has 0 aliphatic heterocycles. The lowest BCUT2D eigenvalue weighted by atomic mass is 10.6. The van der Waals surface area contributed by atoms with E-state index < -0.39 is 24.7 Å². The molecule has 0 unspecified atom stereocenters. The van der Waals surface area contributed by atoms with Crippen molar-refractivity contribution in [1.82, 2.24) is 0 Å². The van der Waals surface area contributed by atoms with E-state index in [9.17, 15) is 26.3 Å². The lowest BCUT2D eigenvalue weighted by Gasteiger charge is -1.79. The summed E-state index contributed by atoms with van der Waals surface area (Å²) in [5.74, 6) is -1.99. The van der Waals surface area contributed by atoms with Gasteiger partial charge in [-0.15, -0.1) is 0 Å². The Morgan fingerprint density at radius 2 is 1.27 bits per heavy atom. The summed E-state index contributed by atoms with van der Waals surface area (Å²) >= 11 is 0. The maximum Gasteiger partial charge on any atom is 0.304 e. The van der Waals surface area contributed by atoms with Crippen LogP contribution >= 0.6 is 0 Å². The maximum absolute atomic E-state index is 11.0. The largest absolute Gasteiger partial charge is 0.304 e. The van der Waals surface area contributed by atoms with Crippen molar-refractivity contribution in [3.63, 3.8) is 0 Å². The Kier molecular flexibility index (Phi) is 8.29. The number of allylic oxidation sites excluding steroid dienone is 1. The Hall–Kier alpha value is -0.940. The first-order chi connectivity index (χ1) is 4.91. The average Bonchev–Trinajstić information content (AvgIpc) is 1.85. The predicted octanol–water partition coefficient (Wildman–Crippen LogP) is 3.43. The number of halogens is 6. The van der Waals surface area contributed by atoms with E-state index in [1.165, 1.54) is 0 Å². The smallest absolute Gasteiger partial charge is 0.243 e. The van der Waals surface area contributed by atoms with E-state index in [4.69, 9.17) is 0 Å². The van der Waals surface area contributed by atoms with Gasteiger partial charge in [0.2, 0.25) is 0 Å². The summed E-state index contributed by atoms with van der Waals surface area (Å²) in [7, 11) is 0. The van der Waals surface area contributed by atoms with Crippen LogP contribution < -0.4 is 0 Å². The molecule has 0 N–H and O–H groups in total. The second-order valence-electron chi connectivity index (χ2n) is 1.14. The van der Waals surface area contributed by atoms with Gasteiger partial charge < -0.3 is 0 Å². The van der Waals surface area contributed by atoms with Gasteiger partial charge in [0.15, 0.2) is 5.83 Å². The molecular weight excluding hydrogens is 174 g/mol. The Morgan fingerprint density at radius 3 is 1.27 bits per heavy atom. The van der Waals surface area contributed by atoms with Crippen LogP contribution in [-0.4, -0.2) is 6.67 Å². The molecule has 0 aromatic rings. The van der Waals surface area contributed by atoms with Gasteiger partial charge in [0.05, 0.1) is 0 Å². The molecule has 66 valence electrons. The van der Waals surface area contributed by atoms with E-state index in [0.29, 0.717) is 0 Å². The molecule has 0 aromatic carbocycles. The molecule has 0 aromatic heterocycles. The summed E-state index contributed by atoms with van der Waals surface area (Å²) in [6.45, 7) is 0.502. The summed E-state index contributed by atoms with van der Waals surface area (Å²) in [6.07, 6.45) is -4.41. The molecule has 0 atom stereocenters. The van der Waals surface area contributed by atoms with Crippen molar-refractivity contribution in [1.29, 1.82) is 0 Å². The zero-order chi connectivity index (χ0) is 9.44. The third-order valence-electron chi connectivity index (χ3n) is 0.322. The van der Waals surface area contributed by atoms with Gasteiger partial charge in [0.25, 0.3) is 6.08 Å². The molecule has 0 heterocycles. The molecule has 0 rings (SSSR count). The molecule has 0 aliphatic rings. The second kappa shape index (κ2) is 7.17. The highest BCUT2D eigenvalue weighted by molar-refractivity contribution is 4.90. The molecule has 0 aliphatic carbocycles. The topological polar surface area (TPSA) is 0 Å². The van der Waals surface area contributed by atoms with E-state index in [1.54, 1.807) is 0 Å². The second-order valence-corrected chi connectivity index (χ2v) is 1.14. The summed E-state index contributed by atoms with van der Waals surface area (Å²) in [4.78, 5) is 0. The van der Waals surface area contributed by atoms with Crippen LogP contribution in [0.1, 0.15) is 0 Å². The molecule has 0 amide bonds.